The second-order valence-electron chi connectivity index (χ2n) is 6.53. The molecule has 1 saturated carbocycles. The molecule has 3 rings (SSSR count). The van der Waals surface area contributed by atoms with Gasteiger partial charge < -0.3 is 10.2 Å². The van der Waals surface area contributed by atoms with Crippen LogP contribution in [0.1, 0.15) is 45.4 Å². The van der Waals surface area contributed by atoms with Crippen molar-refractivity contribution in [3.8, 4) is 0 Å². The molecule has 1 atom stereocenters. The molecule has 1 aliphatic carbocycles. The molecule has 6 heteroatoms. The number of carbonyl (C=O) groups is 2. The summed E-state index contributed by atoms with van der Waals surface area (Å²) in [6.07, 6.45) is 8.22. The fourth-order valence-electron chi connectivity index (χ4n) is 3.50. The number of fused-ring (bicyclic) bond motifs is 1. The minimum Gasteiger partial charge on any atom is -0.356 e. The number of anilines is 1. The Morgan fingerprint density at radius 1 is 1.38 bits per heavy atom. The van der Waals surface area contributed by atoms with Gasteiger partial charge in [-0.05, 0) is 37.8 Å². The Morgan fingerprint density at radius 2 is 2.17 bits per heavy atom. The van der Waals surface area contributed by atoms with Gasteiger partial charge in [0.1, 0.15) is 5.03 Å². The van der Waals surface area contributed by atoms with Gasteiger partial charge in [-0.3, -0.25) is 9.59 Å². The number of thioether (sulfide) groups is 1. The number of hydrogen-bond acceptors (Lipinski definition) is 4. The average Bonchev–Trinajstić information content (AvgIpc) is 2.62. The lowest BCUT2D eigenvalue weighted by molar-refractivity contribution is -0.125. The van der Waals surface area contributed by atoms with Gasteiger partial charge in [-0.15, -0.1) is 0 Å². The van der Waals surface area contributed by atoms with Crippen molar-refractivity contribution in [1.29, 1.82) is 0 Å². The summed E-state index contributed by atoms with van der Waals surface area (Å²) < 4.78 is 0. The van der Waals surface area contributed by atoms with E-state index in [1.165, 1.54) is 43.9 Å². The average molecular weight is 347 g/mol. The zero-order valence-corrected chi connectivity index (χ0v) is 15.0. The Morgan fingerprint density at radius 3 is 2.92 bits per heavy atom. The van der Waals surface area contributed by atoms with Gasteiger partial charge in [-0.1, -0.05) is 31.0 Å². The molecule has 24 heavy (non-hydrogen) atoms. The second kappa shape index (κ2) is 8.01. The third-order valence-corrected chi connectivity index (χ3v) is 6.03. The van der Waals surface area contributed by atoms with Crippen molar-refractivity contribution < 1.29 is 9.59 Å². The van der Waals surface area contributed by atoms with Crippen LogP contribution in [0.3, 0.4) is 0 Å². The maximum absolute atomic E-state index is 12.7. The van der Waals surface area contributed by atoms with Crippen LogP contribution in [0, 0.1) is 5.92 Å². The maximum Gasteiger partial charge on any atom is 0.241 e. The van der Waals surface area contributed by atoms with Crippen molar-refractivity contribution in [3.63, 3.8) is 0 Å². The maximum atomic E-state index is 12.7. The summed E-state index contributed by atoms with van der Waals surface area (Å²) in [5.74, 6) is 0.588. The molecule has 130 valence electrons. The highest BCUT2D eigenvalue weighted by molar-refractivity contribution is 8.00. The van der Waals surface area contributed by atoms with Crippen LogP contribution in [0.25, 0.3) is 0 Å². The summed E-state index contributed by atoms with van der Waals surface area (Å²) in [6, 6.07) is 3.75. The molecule has 1 aromatic heterocycles. The highest BCUT2D eigenvalue weighted by Crippen LogP contribution is 2.38. The number of nitrogens with zero attached hydrogens (tertiary/aromatic N) is 2. The minimum absolute atomic E-state index is 0.0100. The highest BCUT2D eigenvalue weighted by atomic mass is 32.2. The van der Waals surface area contributed by atoms with Crippen molar-refractivity contribution in [1.82, 2.24) is 10.3 Å². The molecule has 1 aromatic rings. The quantitative estimate of drug-likeness (QED) is 0.889. The van der Waals surface area contributed by atoms with Crippen molar-refractivity contribution in [3.05, 3.63) is 18.3 Å². The molecule has 0 saturated heterocycles. The SMILES string of the molecule is CCN1C(=O)C(CC(=O)NCC2CCCCC2)Sc2ncccc21. The standard InChI is InChI=1S/C18H25N3O2S/c1-2-21-14-9-6-10-19-17(14)24-15(18(21)23)11-16(22)20-12-13-7-4-3-5-8-13/h6,9-10,13,15H,2-5,7-8,11-12H2,1H3,(H,20,22). The predicted octanol–water partition coefficient (Wildman–Crippen LogP) is 3.00. The van der Waals surface area contributed by atoms with Gasteiger partial charge in [0.05, 0.1) is 10.9 Å². The first kappa shape index (κ1) is 17.3. The van der Waals surface area contributed by atoms with E-state index in [-0.39, 0.29) is 23.5 Å². The van der Waals surface area contributed by atoms with E-state index < -0.39 is 0 Å². The number of nitrogens with one attached hydrogen (secondary N) is 1. The molecule has 0 aromatic carbocycles. The van der Waals surface area contributed by atoms with E-state index in [0.29, 0.717) is 12.5 Å². The number of amides is 2. The largest absolute Gasteiger partial charge is 0.356 e. The molecular formula is C18H25N3O2S. The zero-order chi connectivity index (χ0) is 16.9. The monoisotopic (exact) mass is 347 g/mol. The van der Waals surface area contributed by atoms with E-state index in [9.17, 15) is 9.59 Å². The molecule has 1 unspecified atom stereocenters. The molecular weight excluding hydrogens is 322 g/mol. The predicted molar refractivity (Wildman–Crippen MR) is 96.1 cm³/mol. The van der Waals surface area contributed by atoms with E-state index in [2.05, 4.69) is 10.3 Å². The van der Waals surface area contributed by atoms with Crippen LogP contribution in [0.4, 0.5) is 5.69 Å². The molecule has 1 N–H and O–H groups in total. The molecule has 0 bridgehead atoms. The summed E-state index contributed by atoms with van der Waals surface area (Å²) in [7, 11) is 0. The smallest absolute Gasteiger partial charge is 0.241 e. The van der Waals surface area contributed by atoms with E-state index in [1.54, 1.807) is 11.1 Å². The van der Waals surface area contributed by atoms with Crippen LogP contribution in [0.2, 0.25) is 0 Å². The Bertz CT molecular complexity index is 602. The van der Waals surface area contributed by atoms with Crippen molar-refractivity contribution in [2.24, 2.45) is 5.92 Å². The molecule has 5 nitrogen and oxygen atoms in total. The van der Waals surface area contributed by atoms with Gasteiger partial charge in [0.15, 0.2) is 0 Å². The van der Waals surface area contributed by atoms with E-state index in [0.717, 1.165) is 17.3 Å². The summed E-state index contributed by atoms with van der Waals surface area (Å²) in [5.41, 5.74) is 0.855. The van der Waals surface area contributed by atoms with Crippen LogP contribution in [0.15, 0.2) is 23.4 Å². The summed E-state index contributed by atoms with van der Waals surface area (Å²) in [5, 5.41) is 3.49. The third kappa shape index (κ3) is 3.91. The van der Waals surface area contributed by atoms with Gasteiger partial charge >= 0.3 is 0 Å². The first-order valence-corrected chi connectivity index (χ1v) is 9.76. The van der Waals surface area contributed by atoms with Gasteiger partial charge in [0, 0.05) is 25.7 Å². The molecule has 2 heterocycles. The van der Waals surface area contributed by atoms with Gasteiger partial charge in [-0.2, -0.15) is 0 Å². The van der Waals surface area contributed by atoms with E-state index in [1.807, 2.05) is 19.1 Å². The van der Waals surface area contributed by atoms with Crippen LogP contribution in [0.5, 0.6) is 0 Å². The number of hydrogen-bond donors (Lipinski definition) is 1. The lowest BCUT2D eigenvalue weighted by Crippen LogP contribution is -2.43. The topological polar surface area (TPSA) is 62.3 Å². The normalized spacial score (nSPS) is 21.5. The second-order valence-corrected chi connectivity index (χ2v) is 7.72. The number of carbonyl (C=O) groups excluding carboxylic acids is 2. The summed E-state index contributed by atoms with van der Waals surface area (Å²) in [4.78, 5) is 31.0. The fourth-order valence-corrected chi connectivity index (χ4v) is 4.65. The number of aromatic nitrogens is 1. The van der Waals surface area contributed by atoms with Crippen molar-refractivity contribution in [2.75, 3.05) is 18.0 Å². The molecule has 2 aliphatic rings. The Hall–Kier alpha value is -1.56. The van der Waals surface area contributed by atoms with E-state index in [4.69, 9.17) is 0 Å². The minimum atomic E-state index is -0.376. The molecule has 1 aliphatic heterocycles. The van der Waals surface area contributed by atoms with Crippen molar-refractivity contribution in [2.45, 2.75) is 55.7 Å². The van der Waals surface area contributed by atoms with Gasteiger partial charge in [-0.25, -0.2) is 4.98 Å². The summed E-state index contributed by atoms with van der Waals surface area (Å²) in [6.45, 7) is 3.29. The Kier molecular flexibility index (Phi) is 5.76. The van der Waals surface area contributed by atoms with Crippen LogP contribution in [-0.4, -0.2) is 35.1 Å². The summed E-state index contributed by atoms with van der Waals surface area (Å²) >= 11 is 1.41. The molecule has 0 spiro atoms. The van der Waals surface area contributed by atoms with Crippen LogP contribution in [-0.2, 0) is 9.59 Å². The Labute approximate surface area is 147 Å². The fraction of sp³-hybridized carbons (Fsp3) is 0.611. The molecule has 1 fully saturated rings. The molecule has 2 amide bonds. The van der Waals surface area contributed by atoms with Gasteiger partial charge in [0.2, 0.25) is 11.8 Å². The number of rotatable bonds is 5. The first-order chi connectivity index (χ1) is 11.7. The van der Waals surface area contributed by atoms with Crippen molar-refractivity contribution >= 4 is 29.3 Å². The van der Waals surface area contributed by atoms with Crippen LogP contribution >= 0.6 is 11.8 Å². The number of pyridine rings is 1. The lowest BCUT2D eigenvalue weighted by Gasteiger charge is -2.32. The van der Waals surface area contributed by atoms with E-state index >= 15 is 0 Å². The highest BCUT2D eigenvalue weighted by Gasteiger charge is 2.34. The first-order valence-electron chi connectivity index (χ1n) is 8.88. The van der Waals surface area contributed by atoms with Gasteiger partial charge in [0.25, 0.3) is 0 Å². The lowest BCUT2D eigenvalue weighted by atomic mass is 9.89. The molecule has 0 radical (unpaired) electrons. The third-order valence-electron chi connectivity index (χ3n) is 4.84. The van der Waals surface area contributed by atoms with Crippen LogP contribution < -0.4 is 10.2 Å². The zero-order valence-electron chi connectivity index (χ0n) is 14.2. The Balaban J connectivity index is 1.58.